The molecule has 0 aliphatic carbocycles. The van der Waals surface area contributed by atoms with Gasteiger partial charge >= 0.3 is 0 Å². The van der Waals surface area contributed by atoms with Gasteiger partial charge in [-0.05, 0) is 11.6 Å². The molecule has 0 aliphatic rings. The minimum absolute atomic E-state index is 0. The number of rotatable bonds is 6. The summed E-state index contributed by atoms with van der Waals surface area (Å²) in [6.45, 7) is 0.369. The predicted octanol–water partition coefficient (Wildman–Crippen LogP) is 0.379. The Morgan fingerprint density at radius 1 is 1.33 bits per heavy atom. The number of carbonyl (C=O) groups is 1. The standard InChI is InChI=1S/C14H18N4O2.ClH/c15-12(8-11-6-7-17-18-11)13(19)14(20)16-9-10-4-2-1-3-5-10;/h1-7,12-13,19H,8-9,15H2,(H,16,20)(H,17,18);1H/t12-,13?;/m0./s1. The first kappa shape index (κ1) is 17.2. The third-order valence-corrected chi connectivity index (χ3v) is 3.00. The number of aromatic nitrogens is 2. The fourth-order valence-corrected chi connectivity index (χ4v) is 1.85. The van der Waals surface area contributed by atoms with Crippen LogP contribution in [0.2, 0.25) is 0 Å². The lowest BCUT2D eigenvalue weighted by molar-refractivity contribution is -0.130. The number of aliphatic hydroxyl groups excluding tert-OH is 1. The molecule has 0 saturated carbocycles. The van der Waals surface area contributed by atoms with E-state index in [1.54, 1.807) is 12.3 Å². The molecule has 0 radical (unpaired) electrons. The van der Waals surface area contributed by atoms with Gasteiger partial charge in [0.15, 0.2) is 0 Å². The molecule has 1 unspecified atom stereocenters. The zero-order valence-electron chi connectivity index (χ0n) is 11.4. The highest BCUT2D eigenvalue weighted by molar-refractivity contribution is 5.85. The lowest BCUT2D eigenvalue weighted by atomic mass is 10.1. The lowest BCUT2D eigenvalue weighted by Gasteiger charge is -2.17. The summed E-state index contributed by atoms with van der Waals surface area (Å²) in [5, 5.41) is 19.1. The molecule has 0 aliphatic heterocycles. The van der Waals surface area contributed by atoms with E-state index < -0.39 is 18.1 Å². The highest BCUT2D eigenvalue weighted by Crippen LogP contribution is 2.02. The normalized spacial score (nSPS) is 13.0. The van der Waals surface area contributed by atoms with Crippen molar-refractivity contribution in [2.24, 2.45) is 5.73 Å². The Balaban J connectivity index is 0.00000220. The van der Waals surface area contributed by atoms with E-state index in [9.17, 15) is 9.90 Å². The first-order chi connectivity index (χ1) is 9.66. The van der Waals surface area contributed by atoms with Crippen molar-refractivity contribution in [3.05, 3.63) is 53.9 Å². The Hall–Kier alpha value is -1.89. The van der Waals surface area contributed by atoms with E-state index in [4.69, 9.17) is 5.73 Å². The summed E-state index contributed by atoms with van der Waals surface area (Å²) < 4.78 is 0. The van der Waals surface area contributed by atoms with Gasteiger partial charge in [0.05, 0.1) is 0 Å². The summed E-state index contributed by atoms with van der Waals surface area (Å²) in [7, 11) is 0. The van der Waals surface area contributed by atoms with Crippen LogP contribution in [0.3, 0.4) is 0 Å². The molecule has 5 N–H and O–H groups in total. The fourth-order valence-electron chi connectivity index (χ4n) is 1.85. The van der Waals surface area contributed by atoms with E-state index in [0.29, 0.717) is 13.0 Å². The minimum atomic E-state index is -1.25. The van der Waals surface area contributed by atoms with Crippen molar-refractivity contribution in [2.45, 2.75) is 25.1 Å². The molecule has 21 heavy (non-hydrogen) atoms. The molecular formula is C14H19ClN4O2. The number of nitrogens with zero attached hydrogens (tertiary/aromatic N) is 1. The van der Waals surface area contributed by atoms with Gasteiger partial charge in [-0.15, -0.1) is 12.4 Å². The number of aromatic amines is 1. The van der Waals surface area contributed by atoms with E-state index >= 15 is 0 Å². The second kappa shape index (κ2) is 8.41. The topological polar surface area (TPSA) is 104 Å². The molecule has 2 atom stereocenters. The molecule has 7 heteroatoms. The predicted molar refractivity (Wildman–Crippen MR) is 81.8 cm³/mol. The van der Waals surface area contributed by atoms with E-state index in [2.05, 4.69) is 15.5 Å². The van der Waals surface area contributed by atoms with Crippen LogP contribution in [-0.2, 0) is 17.8 Å². The average molecular weight is 311 g/mol. The Labute approximate surface area is 129 Å². The maximum atomic E-state index is 11.8. The number of carbonyl (C=O) groups excluding carboxylic acids is 1. The molecule has 2 rings (SSSR count). The number of benzene rings is 1. The zero-order valence-corrected chi connectivity index (χ0v) is 12.2. The van der Waals surface area contributed by atoms with Crippen molar-refractivity contribution < 1.29 is 9.90 Å². The van der Waals surface area contributed by atoms with Gasteiger partial charge in [0, 0.05) is 30.9 Å². The Kier molecular flexibility index (Phi) is 6.87. The third-order valence-electron chi connectivity index (χ3n) is 3.00. The smallest absolute Gasteiger partial charge is 0.250 e. The molecule has 1 amide bonds. The van der Waals surface area contributed by atoms with Crippen molar-refractivity contribution in [2.75, 3.05) is 0 Å². The maximum absolute atomic E-state index is 11.8. The third kappa shape index (κ3) is 5.18. The van der Waals surface area contributed by atoms with Crippen LogP contribution in [0.25, 0.3) is 0 Å². The number of nitrogens with two attached hydrogens (primary N) is 1. The van der Waals surface area contributed by atoms with Gasteiger partial charge in [-0.2, -0.15) is 5.10 Å². The molecule has 2 aromatic rings. The van der Waals surface area contributed by atoms with Gasteiger partial charge in [0.1, 0.15) is 6.10 Å². The van der Waals surface area contributed by atoms with Crippen LogP contribution in [0.4, 0.5) is 0 Å². The van der Waals surface area contributed by atoms with Crippen LogP contribution in [0.1, 0.15) is 11.3 Å². The van der Waals surface area contributed by atoms with Crippen LogP contribution in [0, 0.1) is 0 Å². The number of hydrogen-bond donors (Lipinski definition) is 4. The molecule has 1 heterocycles. The maximum Gasteiger partial charge on any atom is 0.250 e. The molecule has 6 nitrogen and oxygen atoms in total. The molecule has 114 valence electrons. The molecular weight excluding hydrogens is 292 g/mol. The number of nitrogens with one attached hydrogen (secondary N) is 2. The Morgan fingerprint density at radius 3 is 2.67 bits per heavy atom. The molecule has 1 aromatic heterocycles. The van der Waals surface area contributed by atoms with Gasteiger partial charge in [0.25, 0.3) is 5.91 Å². The second-order valence-corrected chi connectivity index (χ2v) is 4.60. The summed E-state index contributed by atoms with van der Waals surface area (Å²) >= 11 is 0. The highest BCUT2D eigenvalue weighted by Gasteiger charge is 2.23. The number of amides is 1. The first-order valence-corrected chi connectivity index (χ1v) is 6.40. The highest BCUT2D eigenvalue weighted by atomic mass is 35.5. The SMILES string of the molecule is Cl.N[C@@H](Cc1ccn[nH]1)C(O)C(=O)NCc1ccccc1. The average Bonchev–Trinajstić information content (AvgIpc) is 2.98. The van der Waals surface area contributed by atoms with Crippen LogP contribution >= 0.6 is 12.4 Å². The molecule has 0 saturated heterocycles. The summed E-state index contributed by atoms with van der Waals surface area (Å²) in [5.41, 5.74) is 7.57. The van der Waals surface area contributed by atoms with Crippen molar-refractivity contribution in [1.82, 2.24) is 15.5 Å². The van der Waals surface area contributed by atoms with Gasteiger partial charge in [-0.3, -0.25) is 9.89 Å². The monoisotopic (exact) mass is 310 g/mol. The molecule has 0 bridgehead atoms. The quantitative estimate of drug-likeness (QED) is 0.619. The molecule has 1 aromatic carbocycles. The van der Waals surface area contributed by atoms with Crippen LogP contribution in [-0.4, -0.2) is 33.4 Å². The molecule has 0 fully saturated rings. The van der Waals surface area contributed by atoms with Crippen LogP contribution in [0.15, 0.2) is 42.6 Å². The van der Waals surface area contributed by atoms with Gasteiger partial charge in [-0.1, -0.05) is 30.3 Å². The Bertz CT molecular complexity index is 533. The van der Waals surface area contributed by atoms with Crippen molar-refractivity contribution in [3.8, 4) is 0 Å². The van der Waals surface area contributed by atoms with Gasteiger partial charge in [0.2, 0.25) is 0 Å². The molecule has 0 spiro atoms. The number of hydrogen-bond acceptors (Lipinski definition) is 4. The number of H-pyrrole nitrogens is 1. The van der Waals surface area contributed by atoms with Crippen molar-refractivity contribution >= 4 is 18.3 Å². The largest absolute Gasteiger partial charge is 0.382 e. The van der Waals surface area contributed by atoms with Crippen LogP contribution < -0.4 is 11.1 Å². The summed E-state index contributed by atoms with van der Waals surface area (Å²) in [5.74, 6) is -0.471. The minimum Gasteiger partial charge on any atom is -0.382 e. The van der Waals surface area contributed by atoms with Crippen molar-refractivity contribution in [1.29, 1.82) is 0 Å². The number of aliphatic hydroxyl groups is 1. The Morgan fingerprint density at radius 2 is 2.05 bits per heavy atom. The number of halogens is 1. The fraction of sp³-hybridized carbons (Fsp3) is 0.286. The summed E-state index contributed by atoms with van der Waals surface area (Å²) in [6.07, 6.45) is 0.714. The van der Waals surface area contributed by atoms with Crippen molar-refractivity contribution in [3.63, 3.8) is 0 Å². The van der Waals surface area contributed by atoms with Gasteiger partial charge in [-0.25, -0.2) is 0 Å². The van der Waals surface area contributed by atoms with E-state index in [0.717, 1.165) is 11.3 Å². The summed E-state index contributed by atoms with van der Waals surface area (Å²) in [6, 6.07) is 10.6. The second-order valence-electron chi connectivity index (χ2n) is 4.60. The lowest BCUT2D eigenvalue weighted by Crippen LogP contribution is -2.47. The van der Waals surface area contributed by atoms with E-state index in [-0.39, 0.29) is 12.4 Å². The van der Waals surface area contributed by atoms with E-state index in [1.807, 2.05) is 30.3 Å². The summed E-state index contributed by atoms with van der Waals surface area (Å²) in [4.78, 5) is 11.8. The zero-order chi connectivity index (χ0) is 14.4. The van der Waals surface area contributed by atoms with Crippen LogP contribution in [0.5, 0.6) is 0 Å². The van der Waals surface area contributed by atoms with E-state index in [1.165, 1.54) is 0 Å². The first-order valence-electron chi connectivity index (χ1n) is 6.40. The van der Waals surface area contributed by atoms with Gasteiger partial charge < -0.3 is 16.2 Å².